The number of hydrogen-bond acceptors (Lipinski definition) is 6. The highest BCUT2D eigenvalue weighted by Crippen LogP contribution is 2.38. The highest BCUT2D eigenvalue weighted by atomic mass is 32.2. The molecule has 128 valence electrons. The number of rotatable bonds is 5. The maximum Gasteiger partial charge on any atom is 0.281 e. The number of thioether (sulfide) groups is 1. The van der Waals surface area contributed by atoms with E-state index in [1.807, 2.05) is 23.3 Å². The van der Waals surface area contributed by atoms with Crippen molar-refractivity contribution in [2.45, 2.75) is 6.54 Å². The predicted octanol–water partition coefficient (Wildman–Crippen LogP) is 2.31. The average Bonchev–Trinajstić information content (AvgIpc) is 2.60. The fraction of sp³-hybridized carbons (Fsp3) is 0.562. The van der Waals surface area contributed by atoms with E-state index in [1.165, 1.54) is 11.8 Å². The molecule has 1 aliphatic rings. The molecule has 1 heterocycles. The molecule has 1 aromatic carbocycles. The van der Waals surface area contributed by atoms with Gasteiger partial charge in [-0.05, 0) is 24.0 Å². The summed E-state index contributed by atoms with van der Waals surface area (Å²) in [6, 6.07) is 3.95. The van der Waals surface area contributed by atoms with Gasteiger partial charge >= 0.3 is 0 Å². The fourth-order valence-electron chi connectivity index (χ4n) is 2.70. The molecule has 2 rings (SSSR count). The molecule has 0 aliphatic carbocycles. The summed E-state index contributed by atoms with van der Waals surface area (Å²) in [5, 5.41) is 0.150. The monoisotopic (exact) mass is 340 g/mol. The number of carbonyl (C=O) groups excluding carboxylic acids is 1. The second-order valence-corrected chi connectivity index (χ2v) is 6.02. The smallest absolute Gasteiger partial charge is 0.281 e. The van der Waals surface area contributed by atoms with Crippen molar-refractivity contribution in [2.24, 2.45) is 0 Å². The maximum atomic E-state index is 11.7. The largest absolute Gasteiger partial charge is 0.493 e. The topological polar surface area (TPSA) is 51.2 Å². The van der Waals surface area contributed by atoms with Crippen LogP contribution in [0, 0.1) is 0 Å². The summed E-state index contributed by atoms with van der Waals surface area (Å²) in [6.45, 7) is 4.05. The molecule has 0 radical (unpaired) electrons. The van der Waals surface area contributed by atoms with Crippen LogP contribution < -0.4 is 14.2 Å². The number of ether oxygens (including phenoxy) is 3. The third-order valence-corrected chi connectivity index (χ3v) is 4.54. The minimum Gasteiger partial charge on any atom is -0.493 e. The van der Waals surface area contributed by atoms with E-state index in [4.69, 9.17) is 14.2 Å². The summed E-state index contributed by atoms with van der Waals surface area (Å²) >= 11 is 1.27. The van der Waals surface area contributed by atoms with Gasteiger partial charge in [0.05, 0.1) is 21.3 Å². The predicted molar refractivity (Wildman–Crippen MR) is 91.9 cm³/mol. The van der Waals surface area contributed by atoms with Crippen molar-refractivity contribution in [3.05, 3.63) is 17.7 Å². The van der Waals surface area contributed by atoms with Crippen molar-refractivity contribution in [3.8, 4) is 17.2 Å². The molecule has 0 spiro atoms. The summed E-state index contributed by atoms with van der Waals surface area (Å²) in [6.07, 6.45) is 1.82. The number of benzene rings is 1. The van der Waals surface area contributed by atoms with Crippen molar-refractivity contribution in [3.63, 3.8) is 0 Å². The first kappa shape index (κ1) is 17.7. The molecule has 7 heteroatoms. The zero-order chi connectivity index (χ0) is 16.8. The first-order chi connectivity index (χ1) is 11.1. The van der Waals surface area contributed by atoms with Crippen LogP contribution in [0.2, 0.25) is 0 Å². The molecule has 1 amide bonds. The van der Waals surface area contributed by atoms with Gasteiger partial charge in [-0.1, -0.05) is 11.8 Å². The summed E-state index contributed by atoms with van der Waals surface area (Å²) in [4.78, 5) is 15.9. The summed E-state index contributed by atoms with van der Waals surface area (Å²) in [5.41, 5.74) is 1.10. The van der Waals surface area contributed by atoms with Gasteiger partial charge in [0.25, 0.3) is 5.24 Å². The summed E-state index contributed by atoms with van der Waals surface area (Å²) in [5.74, 6) is 1.94. The molecule has 0 aromatic heterocycles. The Balaban J connectivity index is 2.05. The van der Waals surface area contributed by atoms with Crippen molar-refractivity contribution >= 4 is 17.0 Å². The van der Waals surface area contributed by atoms with E-state index in [2.05, 4.69) is 4.90 Å². The van der Waals surface area contributed by atoms with Crippen molar-refractivity contribution in [1.29, 1.82) is 0 Å². The van der Waals surface area contributed by atoms with E-state index >= 15 is 0 Å². The first-order valence-electron chi connectivity index (χ1n) is 7.47. The van der Waals surface area contributed by atoms with Crippen molar-refractivity contribution in [1.82, 2.24) is 9.80 Å². The number of piperazine rings is 1. The second kappa shape index (κ2) is 8.31. The number of carbonyl (C=O) groups is 1. The maximum absolute atomic E-state index is 11.7. The Labute approximate surface area is 141 Å². The third-order valence-electron chi connectivity index (χ3n) is 3.94. The summed E-state index contributed by atoms with van der Waals surface area (Å²) < 4.78 is 16.1. The molecule has 0 unspecified atom stereocenters. The molecule has 0 N–H and O–H groups in total. The Morgan fingerprint density at radius 1 is 1.04 bits per heavy atom. The van der Waals surface area contributed by atoms with E-state index in [0.29, 0.717) is 17.2 Å². The van der Waals surface area contributed by atoms with Crippen LogP contribution >= 0.6 is 11.8 Å². The minimum atomic E-state index is 0.150. The van der Waals surface area contributed by atoms with E-state index in [9.17, 15) is 4.79 Å². The van der Waals surface area contributed by atoms with Crippen LogP contribution in [0.3, 0.4) is 0 Å². The lowest BCUT2D eigenvalue weighted by molar-refractivity contribution is 0.149. The number of hydrogen-bond donors (Lipinski definition) is 0. The Morgan fingerprint density at radius 3 is 2.04 bits per heavy atom. The van der Waals surface area contributed by atoms with Crippen molar-refractivity contribution in [2.75, 3.05) is 53.8 Å². The van der Waals surface area contributed by atoms with Gasteiger partial charge in [-0.15, -0.1) is 0 Å². The zero-order valence-electron chi connectivity index (χ0n) is 14.1. The molecule has 1 aliphatic heterocycles. The van der Waals surface area contributed by atoms with Crippen LogP contribution in [0.15, 0.2) is 12.1 Å². The molecule has 1 fully saturated rings. The molecular formula is C16H24N2O4S. The Hall–Kier alpha value is -1.60. The van der Waals surface area contributed by atoms with Crippen LogP contribution in [0.25, 0.3) is 0 Å². The Kier molecular flexibility index (Phi) is 6.41. The first-order valence-corrected chi connectivity index (χ1v) is 8.69. The van der Waals surface area contributed by atoms with Gasteiger partial charge in [0.1, 0.15) is 0 Å². The molecule has 6 nitrogen and oxygen atoms in total. The third kappa shape index (κ3) is 4.23. The van der Waals surface area contributed by atoms with Crippen LogP contribution in [-0.4, -0.2) is 68.8 Å². The van der Waals surface area contributed by atoms with Gasteiger partial charge in [0.2, 0.25) is 5.75 Å². The second-order valence-electron chi connectivity index (χ2n) is 5.27. The molecule has 23 heavy (non-hydrogen) atoms. The standard InChI is InChI=1S/C16H24N2O4S/c1-20-13-9-12(10-14(21-2)15(13)22-3)11-17-5-7-18(8-6-17)16(19)23-4/h9-10H,5-8,11H2,1-4H3. The SMILES string of the molecule is COc1cc(CN2CCN(C(=O)SC)CC2)cc(OC)c1OC. The van der Waals surface area contributed by atoms with Crippen LogP contribution in [0.5, 0.6) is 17.2 Å². The Bertz CT molecular complexity index is 520. The number of methoxy groups -OCH3 is 3. The molecule has 0 atom stereocenters. The lowest BCUT2D eigenvalue weighted by Crippen LogP contribution is -2.47. The molecule has 0 saturated carbocycles. The molecular weight excluding hydrogens is 316 g/mol. The average molecular weight is 340 g/mol. The lowest BCUT2D eigenvalue weighted by Gasteiger charge is -2.34. The molecule has 1 aromatic rings. The van der Waals surface area contributed by atoms with Crippen LogP contribution in [0.4, 0.5) is 4.79 Å². The van der Waals surface area contributed by atoms with E-state index in [0.717, 1.165) is 38.3 Å². The molecule has 1 saturated heterocycles. The number of amides is 1. The van der Waals surface area contributed by atoms with Crippen LogP contribution in [0.1, 0.15) is 5.56 Å². The van der Waals surface area contributed by atoms with E-state index in [-0.39, 0.29) is 5.24 Å². The normalized spacial score (nSPS) is 15.4. The minimum absolute atomic E-state index is 0.150. The van der Waals surface area contributed by atoms with E-state index in [1.54, 1.807) is 21.3 Å². The van der Waals surface area contributed by atoms with Gasteiger partial charge in [0, 0.05) is 32.7 Å². The lowest BCUT2D eigenvalue weighted by atomic mass is 10.1. The molecule has 0 bridgehead atoms. The van der Waals surface area contributed by atoms with Crippen LogP contribution in [-0.2, 0) is 6.54 Å². The number of nitrogens with zero attached hydrogens (tertiary/aromatic N) is 2. The van der Waals surface area contributed by atoms with E-state index < -0.39 is 0 Å². The van der Waals surface area contributed by atoms with Gasteiger partial charge < -0.3 is 19.1 Å². The van der Waals surface area contributed by atoms with Gasteiger partial charge in [0.15, 0.2) is 11.5 Å². The zero-order valence-corrected chi connectivity index (χ0v) is 14.9. The van der Waals surface area contributed by atoms with Gasteiger partial charge in [-0.3, -0.25) is 9.69 Å². The van der Waals surface area contributed by atoms with Gasteiger partial charge in [-0.25, -0.2) is 0 Å². The summed E-state index contributed by atoms with van der Waals surface area (Å²) in [7, 11) is 4.84. The highest BCUT2D eigenvalue weighted by Gasteiger charge is 2.21. The highest BCUT2D eigenvalue weighted by molar-refractivity contribution is 8.12. The Morgan fingerprint density at radius 2 is 1.61 bits per heavy atom. The van der Waals surface area contributed by atoms with Crippen molar-refractivity contribution < 1.29 is 19.0 Å². The van der Waals surface area contributed by atoms with Gasteiger partial charge in [-0.2, -0.15) is 0 Å². The fourth-order valence-corrected chi connectivity index (χ4v) is 3.14. The quantitative estimate of drug-likeness (QED) is 0.820.